The molecule has 0 saturated carbocycles. The van der Waals surface area contributed by atoms with Gasteiger partial charge in [-0.3, -0.25) is 4.79 Å². The van der Waals surface area contributed by atoms with Gasteiger partial charge < -0.3 is 10.1 Å². The Morgan fingerprint density at radius 1 is 1.04 bits per heavy atom. The highest BCUT2D eigenvalue weighted by atomic mass is 35.6. The maximum atomic E-state index is 12.1. The van der Waals surface area contributed by atoms with Gasteiger partial charge in [0.15, 0.2) is 0 Å². The molecule has 1 unspecified atom stereocenters. The molecule has 0 spiro atoms. The molecule has 2 aromatic rings. The Morgan fingerprint density at radius 2 is 1.67 bits per heavy atom. The Kier molecular flexibility index (Phi) is 6.81. The van der Waals surface area contributed by atoms with Crippen LogP contribution in [0.2, 0.25) is 5.02 Å². The van der Waals surface area contributed by atoms with E-state index in [4.69, 9.17) is 51.1 Å². The second kappa shape index (κ2) is 8.63. The lowest BCUT2D eigenvalue weighted by atomic mass is 10.2. The second-order valence-corrected chi connectivity index (χ2v) is 7.50. The molecule has 0 radical (unpaired) electrons. The minimum atomic E-state index is -1.88. The summed E-state index contributed by atoms with van der Waals surface area (Å²) >= 11 is 23.7. The average molecular weight is 405 g/mol. The van der Waals surface area contributed by atoms with E-state index in [0.29, 0.717) is 10.8 Å². The molecular formula is C17H13Cl4NO2. The van der Waals surface area contributed by atoms with Crippen molar-refractivity contribution in [3.63, 3.8) is 0 Å². The lowest BCUT2D eigenvalue weighted by Crippen LogP contribution is -2.47. The van der Waals surface area contributed by atoms with Crippen LogP contribution in [0.4, 0.5) is 0 Å². The van der Waals surface area contributed by atoms with Crippen molar-refractivity contribution in [1.82, 2.24) is 5.32 Å². The Balaban J connectivity index is 2.08. The van der Waals surface area contributed by atoms with Crippen molar-refractivity contribution in [3.8, 4) is 5.75 Å². The summed E-state index contributed by atoms with van der Waals surface area (Å²) in [7, 11) is 0. The molecule has 0 fully saturated rings. The first kappa shape index (κ1) is 18.9. The van der Waals surface area contributed by atoms with Gasteiger partial charge in [0, 0.05) is 6.08 Å². The summed E-state index contributed by atoms with van der Waals surface area (Å²) in [6.07, 6.45) is 1.75. The van der Waals surface area contributed by atoms with Crippen molar-refractivity contribution in [2.45, 2.75) is 10.0 Å². The molecule has 0 saturated heterocycles. The summed E-state index contributed by atoms with van der Waals surface area (Å²) in [5.74, 6) is -0.176. The highest BCUT2D eigenvalue weighted by molar-refractivity contribution is 6.68. The van der Waals surface area contributed by atoms with Crippen LogP contribution in [0.25, 0.3) is 6.08 Å². The minimum absolute atomic E-state index is 0.294. The SMILES string of the molecule is O=C(/C=C\c1ccccc1)NC(Oc1ccccc1Cl)C(Cl)(Cl)Cl. The average Bonchev–Trinajstić information content (AvgIpc) is 2.54. The molecule has 24 heavy (non-hydrogen) atoms. The van der Waals surface area contributed by atoms with E-state index in [1.165, 1.54) is 6.08 Å². The van der Waals surface area contributed by atoms with Crippen LogP contribution in [0.1, 0.15) is 5.56 Å². The summed E-state index contributed by atoms with van der Waals surface area (Å²) in [4.78, 5) is 12.1. The van der Waals surface area contributed by atoms with Gasteiger partial charge in [0.2, 0.25) is 15.9 Å². The molecule has 0 aromatic heterocycles. The third kappa shape index (κ3) is 5.91. The maximum Gasteiger partial charge on any atom is 0.246 e. The van der Waals surface area contributed by atoms with Gasteiger partial charge >= 0.3 is 0 Å². The molecule has 0 aliphatic rings. The standard InChI is InChI=1S/C17H13Cl4NO2/c18-13-8-4-5-9-14(13)24-16(17(19,20)21)22-15(23)11-10-12-6-2-1-3-7-12/h1-11,16H,(H,22,23)/b11-10-. The van der Waals surface area contributed by atoms with E-state index in [-0.39, 0.29) is 0 Å². The van der Waals surface area contributed by atoms with Gasteiger partial charge in [-0.2, -0.15) is 0 Å². The molecule has 1 N–H and O–H groups in total. The van der Waals surface area contributed by atoms with Crippen molar-refractivity contribution < 1.29 is 9.53 Å². The Labute approximate surface area is 160 Å². The summed E-state index contributed by atoms with van der Waals surface area (Å²) in [5.41, 5.74) is 0.866. The van der Waals surface area contributed by atoms with Crippen LogP contribution in [0.3, 0.4) is 0 Å². The number of para-hydroxylation sites is 1. The van der Waals surface area contributed by atoms with E-state index in [2.05, 4.69) is 5.32 Å². The first-order valence-corrected chi connectivity index (χ1v) is 8.39. The first-order valence-electron chi connectivity index (χ1n) is 6.88. The predicted octanol–water partition coefficient (Wildman–Crippen LogP) is 5.24. The van der Waals surface area contributed by atoms with Crippen LogP contribution in [0.5, 0.6) is 5.75 Å². The molecular weight excluding hydrogens is 392 g/mol. The molecule has 0 aliphatic heterocycles. The molecule has 3 nitrogen and oxygen atoms in total. The molecule has 0 heterocycles. The zero-order valence-electron chi connectivity index (χ0n) is 12.3. The van der Waals surface area contributed by atoms with Gasteiger partial charge in [-0.1, -0.05) is 88.9 Å². The van der Waals surface area contributed by atoms with Gasteiger partial charge in [-0.05, 0) is 23.8 Å². The number of halogens is 4. The number of rotatable bonds is 5. The normalized spacial score (nSPS) is 12.8. The van der Waals surface area contributed by atoms with E-state index < -0.39 is 15.9 Å². The lowest BCUT2D eigenvalue weighted by Gasteiger charge is -2.26. The highest BCUT2D eigenvalue weighted by Crippen LogP contribution is 2.34. The van der Waals surface area contributed by atoms with Gasteiger partial charge in [0.05, 0.1) is 5.02 Å². The Morgan fingerprint density at radius 3 is 2.29 bits per heavy atom. The first-order chi connectivity index (χ1) is 11.4. The Bertz CT molecular complexity index is 714. The number of hydrogen-bond donors (Lipinski definition) is 1. The fourth-order valence-corrected chi connectivity index (χ4v) is 2.24. The van der Waals surface area contributed by atoms with Crippen LogP contribution in [-0.4, -0.2) is 15.9 Å². The van der Waals surface area contributed by atoms with Crippen LogP contribution < -0.4 is 10.1 Å². The number of carbonyl (C=O) groups excluding carboxylic acids is 1. The summed E-state index contributed by atoms with van der Waals surface area (Å²) < 4.78 is 3.66. The highest BCUT2D eigenvalue weighted by Gasteiger charge is 2.36. The maximum absolute atomic E-state index is 12.1. The number of carbonyl (C=O) groups is 1. The number of amides is 1. The number of hydrogen-bond acceptors (Lipinski definition) is 2. The fourth-order valence-electron chi connectivity index (χ4n) is 1.76. The summed E-state index contributed by atoms with van der Waals surface area (Å²) in [5, 5.41) is 2.84. The van der Waals surface area contributed by atoms with E-state index in [1.54, 1.807) is 30.3 Å². The topological polar surface area (TPSA) is 38.3 Å². The van der Waals surface area contributed by atoms with Crippen molar-refractivity contribution >= 4 is 58.4 Å². The smallest absolute Gasteiger partial charge is 0.246 e. The van der Waals surface area contributed by atoms with Crippen LogP contribution >= 0.6 is 46.4 Å². The molecule has 2 rings (SSSR count). The largest absolute Gasteiger partial charge is 0.464 e. The van der Waals surface area contributed by atoms with E-state index in [0.717, 1.165) is 5.56 Å². The van der Waals surface area contributed by atoms with E-state index >= 15 is 0 Å². The van der Waals surface area contributed by atoms with Crippen LogP contribution in [-0.2, 0) is 4.79 Å². The molecule has 0 bridgehead atoms. The lowest BCUT2D eigenvalue weighted by molar-refractivity contribution is -0.118. The fraction of sp³-hybridized carbons (Fsp3) is 0.118. The van der Waals surface area contributed by atoms with E-state index in [1.807, 2.05) is 30.3 Å². The number of ether oxygens (including phenoxy) is 1. The van der Waals surface area contributed by atoms with Gasteiger partial charge in [0.25, 0.3) is 0 Å². The minimum Gasteiger partial charge on any atom is -0.464 e. The number of nitrogens with one attached hydrogen (secondary N) is 1. The predicted molar refractivity (Wildman–Crippen MR) is 99.8 cm³/mol. The van der Waals surface area contributed by atoms with Gasteiger partial charge in [-0.25, -0.2) is 0 Å². The quantitative estimate of drug-likeness (QED) is 0.420. The number of benzene rings is 2. The molecule has 126 valence electrons. The van der Waals surface area contributed by atoms with E-state index in [9.17, 15) is 4.79 Å². The summed E-state index contributed by atoms with van der Waals surface area (Å²) in [6.45, 7) is 0. The van der Waals surface area contributed by atoms with Crippen molar-refractivity contribution in [3.05, 3.63) is 71.3 Å². The van der Waals surface area contributed by atoms with Crippen LogP contribution in [0.15, 0.2) is 60.7 Å². The zero-order valence-corrected chi connectivity index (χ0v) is 15.3. The van der Waals surface area contributed by atoms with Crippen molar-refractivity contribution in [2.24, 2.45) is 0 Å². The Hall–Kier alpha value is -1.39. The molecule has 0 aliphatic carbocycles. The number of alkyl halides is 3. The molecule has 1 amide bonds. The van der Waals surface area contributed by atoms with Crippen molar-refractivity contribution in [2.75, 3.05) is 0 Å². The second-order valence-electron chi connectivity index (χ2n) is 4.72. The third-order valence-corrected chi connectivity index (χ3v) is 3.79. The van der Waals surface area contributed by atoms with Gasteiger partial charge in [0.1, 0.15) is 5.75 Å². The monoisotopic (exact) mass is 403 g/mol. The molecule has 1 atom stereocenters. The molecule has 7 heteroatoms. The molecule has 2 aromatic carbocycles. The third-order valence-electron chi connectivity index (χ3n) is 2.88. The summed E-state index contributed by atoms with van der Waals surface area (Å²) in [6, 6.07) is 16.0. The van der Waals surface area contributed by atoms with Gasteiger partial charge in [-0.15, -0.1) is 0 Å². The van der Waals surface area contributed by atoms with Crippen molar-refractivity contribution in [1.29, 1.82) is 0 Å². The zero-order chi connectivity index (χ0) is 17.6. The van der Waals surface area contributed by atoms with Crippen LogP contribution in [0, 0.1) is 0 Å².